The van der Waals surface area contributed by atoms with Gasteiger partial charge < -0.3 is 15.1 Å². The lowest BCUT2D eigenvalue weighted by Gasteiger charge is -2.34. The minimum absolute atomic E-state index is 0.0593. The first kappa shape index (κ1) is 17.4. The van der Waals surface area contributed by atoms with Crippen LogP contribution in [-0.4, -0.2) is 47.9 Å². The predicted molar refractivity (Wildman–Crippen MR) is 94.1 cm³/mol. The molecule has 1 fully saturated rings. The maximum atomic E-state index is 13.2. The van der Waals surface area contributed by atoms with Crippen LogP contribution in [0.25, 0.3) is 0 Å². The Labute approximate surface area is 150 Å². The van der Waals surface area contributed by atoms with Crippen LogP contribution in [0.3, 0.4) is 0 Å². The summed E-state index contributed by atoms with van der Waals surface area (Å²) in [4.78, 5) is 28.1. The number of urea groups is 1. The average Bonchev–Trinajstić information content (AvgIpc) is 2.69. The number of benzene rings is 2. The molecule has 0 unspecified atom stereocenters. The summed E-state index contributed by atoms with van der Waals surface area (Å²) in [6.45, 7) is 1.62. The van der Waals surface area contributed by atoms with E-state index in [4.69, 9.17) is 5.26 Å². The molecule has 1 aliphatic heterocycles. The molecule has 0 spiro atoms. The standard InChI is InChI=1S/C19H17FN4O2/c20-16-6-7-17(15(12-16)13-21)22-19(26)24-10-8-23(9-11-24)18(25)14-4-2-1-3-5-14/h1-7,12H,8-11H2,(H,22,26). The Hall–Kier alpha value is -3.40. The van der Waals surface area contributed by atoms with Crippen LogP contribution in [0.4, 0.5) is 14.9 Å². The first-order valence-electron chi connectivity index (χ1n) is 8.18. The van der Waals surface area contributed by atoms with E-state index >= 15 is 0 Å². The van der Waals surface area contributed by atoms with Gasteiger partial charge in [-0.25, -0.2) is 9.18 Å². The Kier molecular flexibility index (Phi) is 5.13. The number of nitrogens with zero attached hydrogens (tertiary/aromatic N) is 3. The molecule has 0 bridgehead atoms. The van der Waals surface area contributed by atoms with Gasteiger partial charge in [0.05, 0.1) is 11.3 Å². The van der Waals surface area contributed by atoms with Gasteiger partial charge in [0, 0.05) is 31.7 Å². The number of hydrogen-bond acceptors (Lipinski definition) is 3. The van der Waals surface area contributed by atoms with E-state index in [1.54, 1.807) is 21.9 Å². The summed E-state index contributed by atoms with van der Waals surface area (Å²) in [6, 6.07) is 14.1. The van der Waals surface area contributed by atoms with Crippen LogP contribution >= 0.6 is 0 Å². The van der Waals surface area contributed by atoms with Crippen molar-refractivity contribution in [3.63, 3.8) is 0 Å². The molecule has 0 aliphatic carbocycles. The smallest absolute Gasteiger partial charge is 0.322 e. The monoisotopic (exact) mass is 352 g/mol. The highest BCUT2D eigenvalue weighted by Gasteiger charge is 2.25. The van der Waals surface area contributed by atoms with Gasteiger partial charge in [0.15, 0.2) is 0 Å². The fraction of sp³-hybridized carbons (Fsp3) is 0.211. The van der Waals surface area contributed by atoms with E-state index in [1.807, 2.05) is 24.3 Å². The van der Waals surface area contributed by atoms with Gasteiger partial charge in [-0.3, -0.25) is 4.79 Å². The van der Waals surface area contributed by atoms with Crippen molar-refractivity contribution >= 4 is 17.6 Å². The SMILES string of the molecule is N#Cc1cc(F)ccc1NC(=O)N1CCN(C(=O)c2ccccc2)CC1. The third kappa shape index (κ3) is 3.81. The van der Waals surface area contributed by atoms with Crippen molar-refractivity contribution in [2.24, 2.45) is 0 Å². The highest BCUT2D eigenvalue weighted by molar-refractivity contribution is 5.95. The number of carbonyl (C=O) groups excluding carboxylic acids is 2. The van der Waals surface area contributed by atoms with Gasteiger partial charge in [-0.15, -0.1) is 0 Å². The van der Waals surface area contributed by atoms with Crippen molar-refractivity contribution in [1.29, 1.82) is 5.26 Å². The first-order valence-corrected chi connectivity index (χ1v) is 8.18. The lowest BCUT2D eigenvalue weighted by molar-refractivity contribution is 0.0671. The Morgan fingerprint density at radius 2 is 1.65 bits per heavy atom. The van der Waals surface area contributed by atoms with E-state index in [-0.39, 0.29) is 23.2 Å². The van der Waals surface area contributed by atoms with E-state index < -0.39 is 5.82 Å². The molecule has 1 N–H and O–H groups in total. The molecule has 1 aliphatic rings. The third-order valence-electron chi connectivity index (χ3n) is 4.22. The van der Waals surface area contributed by atoms with Crippen LogP contribution in [0.15, 0.2) is 48.5 Å². The summed E-state index contributed by atoms with van der Waals surface area (Å²) < 4.78 is 13.2. The van der Waals surface area contributed by atoms with E-state index in [0.717, 1.165) is 6.07 Å². The van der Waals surface area contributed by atoms with Crippen molar-refractivity contribution in [3.05, 3.63) is 65.5 Å². The summed E-state index contributed by atoms with van der Waals surface area (Å²) in [5.41, 5.74) is 0.952. The zero-order valence-corrected chi connectivity index (χ0v) is 14.0. The Bertz CT molecular complexity index is 856. The number of halogens is 1. The molecule has 26 heavy (non-hydrogen) atoms. The first-order chi connectivity index (χ1) is 12.6. The topological polar surface area (TPSA) is 76.4 Å². The maximum Gasteiger partial charge on any atom is 0.322 e. The lowest BCUT2D eigenvalue weighted by atomic mass is 10.2. The number of carbonyl (C=O) groups is 2. The minimum atomic E-state index is -0.535. The van der Waals surface area contributed by atoms with E-state index in [0.29, 0.717) is 31.7 Å². The molecule has 0 aromatic heterocycles. The lowest BCUT2D eigenvalue weighted by Crippen LogP contribution is -2.51. The summed E-state index contributed by atoms with van der Waals surface area (Å²) >= 11 is 0. The van der Waals surface area contributed by atoms with Crippen molar-refractivity contribution in [2.45, 2.75) is 0 Å². The van der Waals surface area contributed by atoms with E-state index in [1.165, 1.54) is 12.1 Å². The molecular weight excluding hydrogens is 335 g/mol. The number of nitrogens with one attached hydrogen (secondary N) is 1. The van der Waals surface area contributed by atoms with Crippen LogP contribution in [-0.2, 0) is 0 Å². The Morgan fingerprint density at radius 3 is 2.31 bits per heavy atom. The van der Waals surface area contributed by atoms with Crippen LogP contribution in [0.2, 0.25) is 0 Å². The molecule has 0 radical (unpaired) electrons. The quantitative estimate of drug-likeness (QED) is 0.903. The van der Waals surface area contributed by atoms with Gasteiger partial charge in [0.1, 0.15) is 11.9 Å². The molecule has 132 valence electrons. The van der Waals surface area contributed by atoms with Crippen molar-refractivity contribution < 1.29 is 14.0 Å². The second-order valence-corrected chi connectivity index (χ2v) is 5.88. The van der Waals surface area contributed by atoms with Crippen molar-refractivity contribution in [2.75, 3.05) is 31.5 Å². The molecule has 2 aromatic carbocycles. The largest absolute Gasteiger partial charge is 0.335 e. The number of hydrogen-bond donors (Lipinski definition) is 1. The molecule has 0 saturated carbocycles. The fourth-order valence-electron chi connectivity index (χ4n) is 2.79. The zero-order valence-electron chi connectivity index (χ0n) is 14.0. The van der Waals surface area contributed by atoms with Crippen molar-refractivity contribution in [1.82, 2.24) is 9.80 Å². The number of nitriles is 1. The highest BCUT2D eigenvalue weighted by atomic mass is 19.1. The van der Waals surface area contributed by atoms with Crippen LogP contribution in [0.5, 0.6) is 0 Å². The van der Waals surface area contributed by atoms with Gasteiger partial charge in [-0.2, -0.15) is 5.26 Å². The molecule has 3 rings (SSSR count). The number of rotatable bonds is 2. The normalized spacial score (nSPS) is 13.8. The molecule has 7 heteroatoms. The van der Waals surface area contributed by atoms with Crippen LogP contribution in [0, 0.1) is 17.1 Å². The summed E-state index contributed by atoms with van der Waals surface area (Å²) in [5, 5.41) is 11.7. The number of anilines is 1. The van der Waals surface area contributed by atoms with Crippen LogP contribution < -0.4 is 5.32 Å². The second kappa shape index (κ2) is 7.66. The van der Waals surface area contributed by atoms with E-state index in [2.05, 4.69) is 5.32 Å². The molecular formula is C19H17FN4O2. The Balaban J connectivity index is 1.59. The molecule has 6 nitrogen and oxygen atoms in total. The summed E-state index contributed by atoms with van der Waals surface area (Å²) in [6.07, 6.45) is 0. The molecule has 0 atom stereocenters. The predicted octanol–water partition coefficient (Wildman–Crippen LogP) is 2.69. The molecule has 3 amide bonds. The summed E-state index contributed by atoms with van der Waals surface area (Å²) in [7, 11) is 0. The van der Waals surface area contributed by atoms with Gasteiger partial charge in [-0.1, -0.05) is 18.2 Å². The second-order valence-electron chi connectivity index (χ2n) is 5.88. The zero-order chi connectivity index (χ0) is 18.5. The minimum Gasteiger partial charge on any atom is -0.335 e. The Morgan fingerprint density at radius 1 is 1.00 bits per heavy atom. The maximum absolute atomic E-state index is 13.2. The van der Waals surface area contributed by atoms with Gasteiger partial charge >= 0.3 is 6.03 Å². The van der Waals surface area contributed by atoms with Crippen LogP contribution in [0.1, 0.15) is 15.9 Å². The highest BCUT2D eigenvalue weighted by Crippen LogP contribution is 2.17. The molecule has 1 heterocycles. The van der Waals surface area contributed by atoms with Crippen molar-refractivity contribution in [3.8, 4) is 6.07 Å². The van der Waals surface area contributed by atoms with Gasteiger partial charge in [0.25, 0.3) is 5.91 Å². The van der Waals surface area contributed by atoms with Gasteiger partial charge in [-0.05, 0) is 30.3 Å². The average molecular weight is 352 g/mol. The molecule has 2 aromatic rings. The number of piperazine rings is 1. The number of amides is 3. The molecule has 1 saturated heterocycles. The fourth-order valence-corrected chi connectivity index (χ4v) is 2.79. The summed E-state index contributed by atoms with van der Waals surface area (Å²) in [5.74, 6) is -0.594. The van der Waals surface area contributed by atoms with Gasteiger partial charge in [0.2, 0.25) is 0 Å². The van der Waals surface area contributed by atoms with E-state index in [9.17, 15) is 14.0 Å². The third-order valence-corrected chi connectivity index (χ3v) is 4.22.